The lowest BCUT2D eigenvalue weighted by molar-refractivity contribution is -0.0498. The summed E-state index contributed by atoms with van der Waals surface area (Å²) in [6, 6.07) is 7.14. The molecule has 1 aromatic rings. The van der Waals surface area contributed by atoms with E-state index in [2.05, 4.69) is 11.7 Å². The quantitative estimate of drug-likeness (QED) is 0.737. The molecular formula is C15H20F2O. The zero-order valence-corrected chi connectivity index (χ0v) is 10.7. The fourth-order valence-corrected chi connectivity index (χ4v) is 2.83. The molecule has 0 spiro atoms. The lowest BCUT2D eigenvalue weighted by Gasteiger charge is -2.28. The third kappa shape index (κ3) is 3.44. The molecule has 2 rings (SSSR count). The Balaban J connectivity index is 1.93. The van der Waals surface area contributed by atoms with Gasteiger partial charge in [0.2, 0.25) is 0 Å². The third-order valence-corrected chi connectivity index (χ3v) is 4.00. The number of alkyl halides is 2. The van der Waals surface area contributed by atoms with Crippen molar-refractivity contribution in [1.29, 1.82) is 0 Å². The second kappa shape index (κ2) is 6.17. The van der Waals surface area contributed by atoms with Gasteiger partial charge in [0.05, 0.1) is 0 Å². The smallest absolute Gasteiger partial charge is 0.387 e. The maximum absolute atomic E-state index is 12.0. The fourth-order valence-electron chi connectivity index (χ4n) is 2.83. The van der Waals surface area contributed by atoms with Gasteiger partial charge in [-0.15, -0.1) is 0 Å². The average molecular weight is 254 g/mol. The molecule has 1 nitrogen and oxygen atoms in total. The summed E-state index contributed by atoms with van der Waals surface area (Å²) < 4.78 is 28.4. The van der Waals surface area contributed by atoms with Crippen molar-refractivity contribution in [3.05, 3.63) is 29.8 Å². The lowest BCUT2D eigenvalue weighted by Crippen LogP contribution is -2.12. The molecule has 1 saturated carbocycles. The first-order chi connectivity index (χ1) is 8.69. The van der Waals surface area contributed by atoms with Crippen LogP contribution in [0.5, 0.6) is 5.75 Å². The zero-order valence-electron chi connectivity index (χ0n) is 10.7. The molecule has 0 aromatic heterocycles. The van der Waals surface area contributed by atoms with E-state index in [1.807, 2.05) is 12.1 Å². The topological polar surface area (TPSA) is 9.23 Å². The molecule has 0 radical (unpaired) electrons. The Morgan fingerprint density at radius 3 is 2.22 bits per heavy atom. The highest BCUT2D eigenvalue weighted by Crippen LogP contribution is 2.37. The minimum atomic E-state index is -2.74. The van der Waals surface area contributed by atoms with Crippen LogP contribution in [0.4, 0.5) is 8.78 Å². The van der Waals surface area contributed by atoms with E-state index in [0.29, 0.717) is 5.92 Å². The van der Waals surface area contributed by atoms with Gasteiger partial charge in [0.15, 0.2) is 0 Å². The molecule has 1 fully saturated rings. The fraction of sp³-hybridized carbons (Fsp3) is 0.600. The predicted octanol–water partition coefficient (Wildman–Crippen LogP) is 4.97. The molecule has 0 aliphatic heterocycles. The number of ether oxygens (including phenoxy) is 1. The molecule has 1 aliphatic carbocycles. The van der Waals surface area contributed by atoms with Crippen LogP contribution in [0.3, 0.4) is 0 Å². The van der Waals surface area contributed by atoms with Crippen LogP contribution >= 0.6 is 0 Å². The normalized spacial score (nSPS) is 24.2. The summed E-state index contributed by atoms with van der Waals surface area (Å²) >= 11 is 0. The van der Waals surface area contributed by atoms with Crippen LogP contribution in [0.15, 0.2) is 24.3 Å². The van der Waals surface area contributed by atoms with Crippen molar-refractivity contribution < 1.29 is 13.5 Å². The zero-order chi connectivity index (χ0) is 13.0. The highest BCUT2D eigenvalue weighted by Gasteiger charge is 2.21. The van der Waals surface area contributed by atoms with Gasteiger partial charge in [-0.2, -0.15) is 8.78 Å². The van der Waals surface area contributed by atoms with Crippen LogP contribution in [0, 0.1) is 5.92 Å². The van der Waals surface area contributed by atoms with Gasteiger partial charge in [0, 0.05) is 0 Å². The standard InChI is InChI=1S/C15H20F2O/c1-2-11-3-5-12(6-4-11)13-7-9-14(10-8-13)18-15(16)17/h7-12,15H,2-6H2,1H3/t11-,12-. The Morgan fingerprint density at radius 1 is 1.11 bits per heavy atom. The van der Waals surface area contributed by atoms with Crippen molar-refractivity contribution in [3.63, 3.8) is 0 Å². The van der Waals surface area contributed by atoms with Gasteiger partial charge in [-0.1, -0.05) is 25.5 Å². The number of halogens is 2. The summed E-state index contributed by atoms with van der Waals surface area (Å²) in [6.45, 7) is -0.489. The molecule has 0 amide bonds. The molecule has 0 unspecified atom stereocenters. The van der Waals surface area contributed by atoms with Gasteiger partial charge in [-0.3, -0.25) is 0 Å². The number of benzene rings is 1. The minimum absolute atomic E-state index is 0.246. The van der Waals surface area contributed by atoms with Gasteiger partial charge in [0.1, 0.15) is 5.75 Å². The summed E-state index contributed by atoms with van der Waals surface area (Å²) in [7, 11) is 0. The molecule has 0 atom stereocenters. The highest BCUT2D eigenvalue weighted by atomic mass is 19.3. The first-order valence-electron chi connectivity index (χ1n) is 6.73. The summed E-state index contributed by atoms with van der Waals surface area (Å²) in [6.07, 6.45) is 6.28. The van der Waals surface area contributed by atoms with Crippen LogP contribution in [0.2, 0.25) is 0 Å². The molecule has 1 aliphatic rings. The van der Waals surface area contributed by atoms with Crippen molar-refractivity contribution in [2.24, 2.45) is 5.92 Å². The second-order valence-corrected chi connectivity index (χ2v) is 5.07. The Kier molecular flexibility index (Phi) is 4.56. The number of rotatable bonds is 4. The molecule has 1 aromatic carbocycles. The maximum Gasteiger partial charge on any atom is 0.387 e. The van der Waals surface area contributed by atoms with E-state index in [1.54, 1.807) is 12.1 Å². The van der Waals surface area contributed by atoms with E-state index in [0.717, 1.165) is 5.92 Å². The van der Waals surface area contributed by atoms with Crippen molar-refractivity contribution >= 4 is 0 Å². The summed E-state index contributed by atoms with van der Waals surface area (Å²) in [4.78, 5) is 0. The SMILES string of the molecule is CC[C@H]1CC[C@H](c2ccc(OC(F)F)cc2)CC1. The van der Waals surface area contributed by atoms with E-state index in [1.165, 1.54) is 37.7 Å². The monoisotopic (exact) mass is 254 g/mol. The van der Waals surface area contributed by atoms with Crippen molar-refractivity contribution in [3.8, 4) is 5.75 Å². The highest BCUT2D eigenvalue weighted by molar-refractivity contribution is 5.29. The largest absolute Gasteiger partial charge is 0.435 e. The maximum atomic E-state index is 12.0. The predicted molar refractivity (Wildman–Crippen MR) is 68.1 cm³/mol. The Hall–Kier alpha value is -1.12. The Bertz CT molecular complexity index is 353. The van der Waals surface area contributed by atoms with Crippen LogP contribution in [0.25, 0.3) is 0 Å². The van der Waals surface area contributed by atoms with Gasteiger partial charge >= 0.3 is 6.61 Å². The summed E-state index contributed by atoms with van der Waals surface area (Å²) in [5.74, 6) is 1.71. The molecule has 100 valence electrons. The molecule has 0 bridgehead atoms. The molecule has 0 heterocycles. The molecular weight excluding hydrogens is 234 g/mol. The summed E-state index contributed by atoms with van der Waals surface area (Å²) in [5, 5.41) is 0. The van der Waals surface area contributed by atoms with E-state index in [4.69, 9.17) is 0 Å². The van der Waals surface area contributed by atoms with E-state index < -0.39 is 6.61 Å². The van der Waals surface area contributed by atoms with Gasteiger partial charge in [0.25, 0.3) is 0 Å². The molecule has 3 heteroatoms. The second-order valence-electron chi connectivity index (χ2n) is 5.07. The first kappa shape index (κ1) is 13.3. The average Bonchev–Trinajstić information content (AvgIpc) is 2.39. The Labute approximate surface area is 107 Å². The van der Waals surface area contributed by atoms with Crippen molar-refractivity contribution in [2.75, 3.05) is 0 Å². The van der Waals surface area contributed by atoms with E-state index in [-0.39, 0.29) is 5.75 Å². The van der Waals surface area contributed by atoms with Gasteiger partial charge in [-0.05, 0) is 55.2 Å². The molecule has 0 saturated heterocycles. The van der Waals surface area contributed by atoms with Crippen LogP contribution in [0.1, 0.15) is 50.5 Å². The van der Waals surface area contributed by atoms with Gasteiger partial charge < -0.3 is 4.74 Å². The lowest BCUT2D eigenvalue weighted by atomic mass is 9.78. The molecule has 18 heavy (non-hydrogen) atoms. The van der Waals surface area contributed by atoms with E-state index >= 15 is 0 Å². The summed E-state index contributed by atoms with van der Waals surface area (Å²) in [5.41, 5.74) is 1.26. The minimum Gasteiger partial charge on any atom is -0.435 e. The third-order valence-electron chi connectivity index (χ3n) is 4.00. The van der Waals surface area contributed by atoms with Crippen LogP contribution < -0.4 is 4.74 Å². The van der Waals surface area contributed by atoms with Crippen LogP contribution in [-0.4, -0.2) is 6.61 Å². The first-order valence-corrected chi connectivity index (χ1v) is 6.73. The number of hydrogen-bond acceptors (Lipinski definition) is 1. The van der Waals surface area contributed by atoms with Crippen molar-refractivity contribution in [2.45, 2.75) is 51.6 Å². The van der Waals surface area contributed by atoms with Crippen molar-refractivity contribution in [1.82, 2.24) is 0 Å². The Morgan fingerprint density at radius 2 is 1.72 bits per heavy atom. The van der Waals surface area contributed by atoms with Gasteiger partial charge in [-0.25, -0.2) is 0 Å². The molecule has 0 N–H and O–H groups in total. The van der Waals surface area contributed by atoms with Crippen LogP contribution in [-0.2, 0) is 0 Å². The van der Waals surface area contributed by atoms with E-state index in [9.17, 15) is 8.78 Å². The number of hydrogen-bond donors (Lipinski definition) is 0.